The Hall–Kier alpha value is -2.50. The van der Waals surface area contributed by atoms with Crippen LogP contribution in [0, 0.1) is 0 Å². The lowest BCUT2D eigenvalue weighted by Crippen LogP contribution is -2.43. The van der Waals surface area contributed by atoms with E-state index >= 15 is 0 Å². The van der Waals surface area contributed by atoms with Crippen LogP contribution in [0.25, 0.3) is 0 Å². The number of rotatable bonds is 4. The topological polar surface area (TPSA) is 110 Å². The van der Waals surface area contributed by atoms with E-state index in [1.54, 1.807) is 0 Å². The quantitative estimate of drug-likeness (QED) is 0.470. The van der Waals surface area contributed by atoms with Crippen LogP contribution in [0.15, 0.2) is 18.2 Å². The van der Waals surface area contributed by atoms with Gasteiger partial charge in [-0.1, -0.05) is 6.07 Å². The number of alkyl halides is 3. The molecule has 1 aliphatic heterocycles. The highest BCUT2D eigenvalue weighted by molar-refractivity contribution is 7.88. The van der Waals surface area contributed by atoms with Gasteiger partial charge in [0.25, 0.3) is 0 Å². The predicted molar refractivity (Wildman–Crippen MR) is 79.9 cm³/mol. The molecule has 0 aromatic heterocycles. The molecule has 0 aliphatic carbocycles. The number of carbonyl (C=O) groups excluding carboxylic acids is 1. The molecule has 1 heterocycles. The molecule has 1 aromatic carbocycles. The van der Waals surface area contributed by atoms with Gasteiger partial charge in [-0.25, -0.2) is 9.59 Å². The molecule has 0 saturated carbocycles. The third-order valence-electron chi connectivity index (χ3n) is 3.59. The van der Waals surface area contributed by atoms with Crippen LogP contribution in [-0.2, 0) is 26.1 Å². The van der Waals surface area contributed by atoms with Gasteiger partial charge in [-0.3, -0.25) is 4.90 Å². The zero-order valence-electron chi connectivity index (χ0n) is 13.3. The highest BCUT2D eigenvalue weighted by atomic mass is 32.2. The second-order valence-electron chi connectivity index (χ2n) is 5.22. The van der Waals surface area contributed by atoms with Gasteiger partial charge in [-0.05, 0) is 36.6 Å². The Morgan fingerprint density at radius 1 is 1.35 bits per heavy atom. The number of halogens is 3. The summed E-state index contributed by atoms with van der Waals surface area (Å²) in [4.78, 5) is 24.3. The minimum absolute atomic E-state index is 0.00312. The van der Waals surface area contributed by atoms with Crippen LogP contribution in [0.5, 0.6) is 5.75 Å². The summed E-state index contributed by atoms with van der Waals surface area (Å²) in [6.45, 7) is 1.41. The first kappa shape index (κ1) is 19.8. The van der Waals surface area contributed by atoms with E-state index in [0.29, 0.717) is 0 Å². The molecule has 1 unspecified atom stereocenters. The van der Waals surface area contributed by atoms with Crippen molar-refractivity contribution in [2.24, 2.45) is 0 Å². The fourth-order valence-electron chi connectivity index (χ4n) is 2.51. The molecular formula is C14H14F3NO7S. The van der Waals surface area contributed by atoms with Gasteiger partial charge in [-0.15, -0.1) is 0 Å². The average molecular weight is 397 g/mol. The number of esters is 1. The van der Waals surface area contributed by atoms with Gasteiger partial charge in [0.2, 0.25) is 0 Å². The Kier molecular flexibility index (Phi) is 5.35. The van der Waals surface area contributed by atoms with Gasteiger partial charge in [0, 0.05) is 6.54 Å². The van der Waals surface area contributed by atoms with Crippen molar-refractivity contribution in [3.05, 3.63) is 29.3 Å². The maximum atomic E-state index is 12.4. The number of fused-ring (bicyclic) bond motifs is 1. The Bertz CT molecular complexity index is 822. The summed E-state index contributed by atoms with van der Waals surface area (Å²) in [5.41, 5.74) is -5.11. The maximum absolute atomic E-state index is 12.4. The number of benzene rings is 1. The summed E-state index contributed by atoms with van der Waals surface area (Å²) in [6, 6.07) is 1.79. The molecule has 1 amide bonds. The molecule has 12 heteroatoms. The fourth-order valence-corrected chi connectivity index (χ4v) is 2.96. The minimum Gasteiger partial charge on any atom is -0.465 e. The third kappa shape index (κ3) is 3.84. The van der Waals surface area contributed by atoms with Crippen LogP contribution >= 0.6 is 0 Å². The number of hydrogen-bond acceptors (Lipinski definition) is 6. The largest absolute Gasteiger partial charge is 0.534 e. The van der Waals surface area contributed by atoms with E-state index in [4.69, 9.17) is 4.74 Å². The van der Waals surface area contributed by atoms with E-state index in [1.807, 2.05) is 0 Å². The van der Waals surface area contributed by atoms with Crippen molar-refractivity contribution in [1.82, 2.24) is 4.90 Å². The van der Waals surface area contributed by atoms with Crippen LogP contribution in [0.3, 0.4) is 0 Å². The Morgan fingerprint density at radius 3 is 2.54 bits per heavy atom. The van der Waals surface area contributed by atoms with Crippen molar-refractivity contribution in [3.8, 4) is 5.75 Å². The molecule has 26 heavy (non-hydrogen) atoms. The monoisotopic (exact) mass is 397 g/mol. The molecular weight excluding hydrogens is 383 g/mol. The van der Waals surface area contributed by atoms with Crippen LogP contribution < -0.4 is 4.18 Å². The van der Waals surface area contributed by atoms with Gasteiger partial charge in [0.05, 0.1) is 6.61 Å². The average Bonchev–Trinajstić information content (AvgIpc) is 2.52. The lowest BCUT2D eigenvalue weighted by atomic mass is 9.92. The minimum atomic E-state index is -5.84. The van der Waals surface area contributed by atoms with Gasteiger partial charge >= 0.3 is 27.7 Å². The SMILES string of the molecule is CCOC(=O)C1c2ccc(OS(=O)(=O)C(F)(F)F)cc2CCN1C(=O)O. The summed E-state index contributed by atoms with van der Waals surface area (Å²) >= 11 is 0. The smallest absolute Gasteiger partial charge is 0.465 e. The number of amides is 1. The number of hydrogen-bond donors (Lipinski definition) is 1. The molecule has 1 aliphatic rings. The summed E-state index contributed by atoms with van der Waals surface area (Å²) in [7, 11) is -5.84. The van der Waals surface area contributed by atoms with Crippen molar-refractivity contribution >= 4 is 22.2 Å². The Balaban J connectivity index is 2.40. The molecule has 0 spiro atoms. The van der Waals surface area contributed by atoms with E-state index in [1.165, 1.54) is 6.92 Å². The first-order chi connectivity index (χ1) is 12.0. The van der Waals surface area contributed by atoms with E-state index in [2.05, 4.69) is 4.18 Å². The summed E-state index contributed by atoms with van der Waals surface area (Å²) in [6.07, 6.45) is -1.31. The van der Waals surface area contributed by atoms with Crippen LogP contribution in [-0.4, -0.2) is 49.1 Å². The third-order valence-corrected chi connectivity index (χ3v) is 4.57. The van der Waals surface area contributed by atoms with Crippen LogP contribution in [0.2, 0.25) is 0 Å². The first-order valence-electron chi connectivity index (χ1n) is 7.27. The number of nitrogens with zero attached hydrogens (tertiary/aromatic N) is 1. The standard InChI is InChI=1S/C14H14F3NO7S/c1-2-24-12(19)11-10-4-3-9(25-26(22,23)14(15,16)17)7-8(10)5-6-18(11)13(20)21/h3-4,7,11H,2,5-6H2,1H3,(H,20,21). The lowest BCUT2D eigenvalue weighted by Gasteiger charge is -2.33. The van der Waals surface area contributed by atoms with Crippen molar-refractivity contribution < 1.29 is 45.2 Å². The summed E-state index contributed by atoms with van der Waals surface area (Å²) < 4.78 is 68.3. The predicted octanol–water partition coefficient (Wildman–Crippen LogP) is 2.06. The van der Waals surface area contributed by atoms with Gasteiger partial charge in [0.15, 0.2) is 6.04 Å². The molecule has 144 valence electrons. The van der Waals surface area contributed by atoms with E-state index in [0.717, 1.165) is 23.1 Å². The molecule has 0 fully saturated rings. The van der Waals surface area contributed by atoms with Crippen molar-refractivity contribution in [2.75, 3.05) is 13.2 Å². The molecule has 1 atom stereocenters. The fraction of sp³-hybridized carbons (Fsp3) is 0.429. The van der Waals surface area contributed by atoms with Crippen molar-refractivity contribution in [2.45, 2.75) is 24.9 Å². The van der Waals surface area contributed by atoms with E-state index in [9.17, 15) is 36.3 Å². The highest BCUT2D eigenvalue weighted by Gasteiger charge is 2.48. The number of ether oxygens (including phenoxy) is 1. The summed E-state index contributed by atoms with van der Waals surface area (Å²) in [5, 5.41) is 9.24. The zero-order valence-corrected chi connectivity index (χ0v) is 14.1. The molecule has 0 saturated heterocycles. The zero-order chi connectivity index (χ0) is 19.7. The normalized spacial score (nSPS) is 17.4. The van der Waals surface area contributed by atoms with E-state index < -0.39 is 39.5 Å². The number of carbonyl (C=O) groups is 2. The highest BCUT2D eigenvalue weighted by Crippen LogP contribution is 2.34. The van der Waals surface area contributed by atoms with Crippen LogP contribution in [0.4, 0.5) is 18.0 Å². The van der Waals surface area contributed by atoms with Gasteiger partial charge in [-0.2, -0.15) is 21.6 Å². The van der Waals surface area contributed by atoms with Gasteiger partial charge < -0.3 is 14.0 Å². The van der Waals surface area contributed by atoms with Crippen molar-refractivity contribution in [3.63, 3.8) is 0 Å². The first-order valence-corrected chi connectivity index (χ1v) is 8.68. The lowest BCUT2D eigenvalue weighted by molar-refractivity contribution is -0.149. The molecule has 2 rings (SSSR count). The Morgan fingerprint density at radius 2 is 2.00 bits per heavy atom. The molecule has 0 bridgehead atoms. The van der Waals surface area contributed by atoms with E-state index in [-0.39, 0.29) is 30.7 Å². The molecule has 1 N–H and O–H groups in total. The summed E-state index contributed by atoms with van der Waals surface area (Å²) in [5.74, 6) is -1.43. The molecule has 1 aromatic rings. The second-order valence-corrected chi connectivity index (χ2v) is 6.76. The molecule has 0 radical (unpaired) electrons. The Labute approximate surface area is 146 Å². The van der Waals surface area contributed by atoms with Crippen LogP contribution in [0.1, 0.15) is 24.1 Å². The second kappa shape index (κ2) is 7.02. The molecule has 8 nitrogen and oxygen atoms in total. The maximum Gasteiger partial charge on any atom is 0.534 e. The van der Waals surface area contributed by atoms with Gasteiger partial charge in [0.1, 0.15) is 5.75 Å². The van der Waals surface area contributed by atoms with Crippen molar-refractivity contribution in [1.29, 1.82) is 0 Å². The number of carboxylic acid groups (broad SMARTS) is 1.